The summed E-state index contributed by atoms with van der Waals surface area (Å²) in [5.74, 6) is 0. The number of hydrogen-bond acceptors (Lipinski definition) is 8. The average molecular weight is 333 g/mol. The molecule has 0 saturated carbocycles. The van der Waals surface area contributed by atoms with Crippen molar-refractivity contribution in [2.24, 2.45) is 0 Å². The first-order valence-electron chi connectivity index (χ1n) is 7.22. The van der Waals surface area contributed by atoms with Crippen LogP contribution in [0.2, 0.25) is 0 Å². The summed E-state index contributed by atoms with van der Waals surface area (Å²) in [5, 5.41) is 7.91. The molecule has 126 valence electrons. The van der Waals surface area contributed by atoms with E-state index in [0.29, 0.717) is 45.2 Å². The molecule has 22 heavy (non-hydrogen) atoms. The molecule has 9 nitrogen and oxygen atoms in total. The second-order valence-corrected chi connectivity index (χ2v) is 5.54. The Labute approximate surface area is 131 Å². The number of morpholine rings is 1. The molecule has 1 aliphatic heterocycles. The molecule has 0 aromatic carbocycles. The summed E-state index contributed by atoms with van der Waals surface area (Å²) in [6, 6.07) is 0. The highest BCUT2D eigenvalue weighted by Crippen LogP contribution is 2.21. The molecule has 2 unspecified atom stereocenters. The molecule has 10 heteroatoms. The van der Waals surface area contributed by atoms with Gasteiger partial charge in [-0.15, -0.1) is 5.10 Å². The van der Waals surface area contributed by atoms with Gasteiger partial charge in [-0.2, -0.15) is 0 Å². The predicted molar refractivity (Wildman–Crippen MR) is 76.4 cm³/mol. The highest BCUT2D eigenvalue weighted by Gasteiger charge is 2.26. The van der Waals surface area contributed by atoms with Crippen LogP contribution in [-0.2, 0) is 25.3 Å². The van der Waals surface area contributed by atoms with Gasteiger partial charge in [0.05, 0.1) is 19.4 Å². The fourth-order valence-electron chi connectivity index (χ4n) is 2.20. The second-order valence-electron chi connectivity index (χ2n) is 4.60. The summed E-state index contributed by atoms with van der Waals surface area (Å²) < 4.78 is 40.6. The Kier molecular flexibility index (Phi) is 6.86. The maximum absolute atomic E-state index is 11.6. The fraction of sp³-hybridized carbons (Fsp3) is 0.833. The maximum Gasteiger partial charge on any atom is 0.204 e. The van der Waals surface area contributed by atoms with Gasteiger partial charge < -0.3 is 18.8 Å². The lowest BCUT2D eigenvalue weighted by molar-refractivity contribution is -0.142. The molecule has 0 aliphatic carbocycles. The zero-order valence-electron chi connectivity index (χ0n) is 12.7. The molecule has 0 N–H and O–H groups in total. The zero-order valence-corrected chi connectivity index (χ0v) is 13.5. The third-order valence-electron chi connectivity index (χ3n) is 3.16. The molecule has 2 rings (SSSR count). The molecule has 1 saturated heterocycles. The molecule has 1 fully saturated rings. The Hall–Kier alpha value is -0.910. The first kappa shape index (κ1) is 17.4. The largest absolute Gasteiger partial charge is 0.770 e. The number of ether oxygens (including phenoxy) is 3. The second kappa shape index (κ2) is 8.65. The van der Waals surface area contributed by atoms with Gasteiger partial charge in [-0.25, -0.2) is 4.68 Å². The SMILES string of the molecule is CCOC(OCC)c1cn(C(N2CCOCC2)S(=O)[O-])nn1. The smallest absolute Gasteiger partial charge is 0.204 e. The first-order chi connectivity index (χ1) is 10.7. The van der Waals surface area contributed by atoms with Gasteiger partial charge in [0.2, 0.25) is 6.29 Å². The van der Waals surface area contributed by atoms with Crippen LogP contribution < -0.4 is 0 Å². The average Bonchev–Trinajstić information content (AvgIpc) is 2.97. The van der Waals surface area contributed by atoms with Gasteiger partial charge in [-0.1, -0.05) is 5.21 Å². The lowest BCUT2D eigenvalue weighted by Gasteiger charge is -2.34. The van der Waals surface area contributed by atoms with Crippen LogP contribution in [0, 0.1) is 0 Å². The highest BCUT2D eigenvalue weighted by molar-refractivity contribution is 7.79. The van der Waals surface area contributed by atoms with Gasteiger partial charge >= 0.3 is 0 Å². The molecule has 1 aromatic rings. The van der Waals surface area contributed by atoms with E-state index in [1.54, 1.807) is 11.1 Å². The fourth-order valence-corrected chi connectivity index (χ4v) is 2.94. The van der Waals surface area contributed by atoms with Gasteiger partial charge in [0.1, 0.15) is 5.69 Å². The van der Waals surface area contributed by atoms with E-state index in [-0.39, 0.29) is 0 Å². The number of rotatable bonds is 8. The minimum Gasteiger partial charge on any atom is -0.770 e. The summed E-state index contributed by atoms with van der Waals surface area (Å²) in [7, 11) is 0. The molecular formula is C12H21N4O5S-. The minimum atomic E-state index is -2.36. The molecule has 0 bridgehead atoms. The van der Waals surface area contributed by atoms with Crippen molar-refractivity contribution in [3.8, 4) is 0 Å². The van der Waals surface area contributed by atoms with Crippen LogP contribution in [-0.4, -0.2) is 68.2 Å². The van der Waals surface area contributed by atoms with Crippen molar-refractivity contribution in [1.82, 2.24) is 19.9 Å². The van der Waals surface area contributed by atoms with Crippen LogP contribution in [0.1, 0.15) is 31.3 Å². The summed E-state index contributed by atoms with van der Waals surface area (Å²) >= 11 is -2.36. The van der Waals surface area contributed by atoms with E-state index in [0.717, 1.165) is 0 Å². The van der Waals surface area contributed by atoms with Crippen molar-refractivity contribution in [1.29, 1.82) is 0 Å². The van der Waals surface area contributed by atoms with Crippen molar-refractivity contribution in [3.63, 3.8) is 0 Å². The molecule has 2 heterocycles. The van der Waals surface area contributed by atoms with Crippen LogP contribution in [0.3, 0.4) is 0 Å². The van der Waals surface area contributed by atoms with Crippen LogP contribution in [0.15, 0.2) is 6.20 Å². The van der Waals surface area contributed by atoms with Crippen LogP contribution in [0.25, 0.3) is 0 Å². The number of aromatic nitrogens is 3. The van der Waals surface area contributed by atoms with Gasteiger partial charge in [0.25, 0.3) is 0 Å². The van der Waals surface area contributed by atoms with Gasteiger partial charge in [-0.05, 0) is 24.9 Å². The quantitative estimate of drug-likeness (QED) is 0.484. The molecule has 2 atom stereocenters. The van der Waals surface area contributed by atoms with Crippen LogP contribution >= 0.6 is 0 Å². The van der Waals surface area contributed by atoms with E-state index in [2.05, 4.69) is 10.3 Å². The molecule has 0 amide bonds. The van der Waals surface area contributed by atoms with Crippen molar-refractivity contribution >= 4 is 11.1 Å². The lowest BCUT2D eigenvalue weighted by atomic mass is 10.4. The Balaban J connectivity index is 2.16. The van der Waals surface area contributed by atoms with Crippen molar-refractivity contribution < 1.29 is 23.0 Å². The Morgan fingerprint density at radius 3 is 2.55 bits per heavy atom. The first-order valence-corrected chi connectivity index (χ1v) is 8.36. The van der Waals surface area contributed by atoms with Crippen LogP contribution in [0.5, 0.6) is 0 Å². The Morgan fingerprint density at radius 2 is 2.00 bits per heavy atom. The Morgan fingerprint density at radius 1 is 1.36 bits per heavy atom. The third kappa shape index (κ3) is 4.31. The van der Waals surface area contributed by atoms with Gasteiger partial charge in [0, 0.05) is 26.3 Å². The lowest BCUT2D eigenvalue weighted by Crippen LogP contribution is -2.43. The van der Waals surface area contributed by atoms with Crippen LogP contribution in [0.4, 0.5) is 0 Å². The standard InChI is InChI=1S/C12H22N4O5S/c1-3-20-11(21-4-2)10-9-16(14-13-10)12(22(17)18)15-5-7-19-8-6-15/h9,11-12H,3-8H2,1-2H3,(H,17,18)/p-1. The normalized spacial score (nSPS) is 19.5. The Bertz CT molecular complexity index is 474. The van der Waals surface area contributed by atoms with Crippen molar-refractivity contribution in [3.05, 3.63) is 11.9 Å². The summed E-state index contributed by atoms with van der Waals surface area (Å²) in [5.41, 5.74) is -0.457. The summed E-state index contributed by atoms with van der Waals surface area (Å²) in [6.07, 6.45) is 0.903. The van der Waals surface area contributed by atoms with E-state index in [1.165, 1.54) is 4.68 Å². The van der Waals surface area contributed by atoms with Crippen molar-refractivity contribution in [2.75, 3.05) is 39.5 Å². The van der Waals surface area contributed by atoms with Crippen molar-refractivity contribution in [2.45, 2.75) is 25.6 Å². The maximum atomic E-state index is 11.6. The molecule has 1 aromatic heterocycles. The van der Waals surface area contributed by atoms with Gasteiger partial charge in [0.15, 0.2) is 5.50 Å². The highest BCUT2D eigenvalue weighted by atomic mass is 32.2. The molecule has 0 radical (unpaired) electrons. The topological polar surface area (TPSA) is 102 Å². The molecule has 0 spiro atoms. The van der Waals surface area contributed by atoms with E-state index in [4.69, 9.17) is 14.2 Å². The van der Waals surface area contributed by atoms with E-state index in [1.807, 2.05) is 13.8 Å². The van der Waals surface area contributed by atoms with E-state index in [9.17, 15) is 8.76 Å². The summed E-state index contributed by atoms with van der Waals surface area (Å²) in [4.78, 5) is 1.78. The molecular weight excluding hydrogens is 312 g/mol. The van der Waals surface area contributed by atoms with E-state index >= 15 is 0 Å². The van der Waals surface area contributed by atoms with Gasteiger partial charge in [-0.3, -0.25) is 9.11 Å². The monoisotopic (exact) mass is 333 g/mol. The third-order valence-corrected chi connectivity index (χ3v) is 4.02. The molecule has 1 aliphatic rings. The number of hydrogen-bond donors (Lipinski definition) is 0. The summed E-state index contributed by atoms with van der Waals surface area (Å²) in [6.45, 7) is 6.64. The zero-order chi connectivity index (χ0) is 15.9. The van der Waals surface area contributed by atoms with E-state index < -0.39 is 22.9 Å². The predicted octanol–water partition coefficient (Wildman–Crippen LogP) is 0.0171. The minimum absolute atomic E-state index is 0.451. The number of nitrogens with zero attached hydrogens (tertiary/aromatic N) is 4.